The molecule has 2 heterocycles. The van der Waals surface area contributed by atoms with E-state index in [9.17, 15) is 0 Å². The third kappa shape index (κ3) is 2.96. The van der Waals surface area contributed by atoms with Gasteiger partial charge in [0.1, 0.15) is 17.0 Å². The zero-order chi connectivity index (χ0) is 14.8. The van der Waals surface area contributed by atoms with E-state index in [0.29, 0.717) is 5.88 Å². The van der Waals surface area contributed by atoms with Crippen LogP contribution >= 0.6 is 27.3 Å². The summed E-state index contributed by atoms with van der Waals surface area (Å²) in [4.78, 5) is 14.2. The molecule has 0 radical (unpaired) electrons. The molecule has 0 N–H and O–H groups in total. The number of nitrogens with zero attached hydrogens (tertiary/aromatic N) is 3. The van der Waals surface area contributed by atoms with Crippen molar-refractivity contribution in [2.24, 2.45) is 0 Å². The standard InChI is InChI=1S/C15H12BrN3OS/c1-9-14(10-4-3-5-11(16)6-10)19-15(21-9)12-7-13(20-2)18-8-17-12/h3-8H,1-2H3. The van der Waals surface area contributed by atoms with Crippen LogP contribution in [-0.2, 0) is 0 Å². The molecule has 1 aromatic carbocycles. The fourth-order valence-corrected chi connectivity index (χ4v) is 3.28. The minimum atomic E-state index is 0.539. The molecule has 0 aliphatic heterocycles. The number of rotatable bonds is 3. The van der Waals surface area contributed by atoms with Gasteiger partial charge in [-0.2, -0.15) is 0 Å². The Bertz CT molecular complexity index is 788. The van der Waals surface area contributed by atoms with E-state index in [-0.39, 0.29) is 0 Å². The zero-order valence-electron chi connectivity index (χ0n) is 11.5. The largest absolute Gasteiger partial charge is 0.481 e. The second kappa shape index (κ2) is 5.91. The van der Waals surface area contributed by atoms with Crippen LogP contribution in [0.1, 0.15) is 4.88 Å². The first kappa shape index (κ1) is 14.2. The number of hydrogen-bond donors (Lipinski definition) is 0. The van der Waals surface area contributed by atoms with Crippen LogP contribution in [-0.4, -0.2) is 22.1 Å². The van der Waals surface area contributed by atoms with Crippen LogP contribution in [0.25, 0.3) is 22.0 Å². The summed E-state index contributed by atoms with van der Waals surface area (Å²) in [5.41, 5.74) is 2.84. The number of thiazole rings is 1. The SMILES string of the molecule is COc1cc(-c2nc(-c3cccc(Br)c3)c(C)s2)ncn1. The highest BCUT2D eigenvalue weighted by atomic mass is 79.9. The number of halogens is 1. The maximum atomic E-state index is 5.13. The Balaban J connectivity index is 2.05. The monoisotopic (exact) mass is 361 g/mol. The van der Waals surface area contributed by atoms with E-state index in [1.165, 1.54) is 6.33 Å². The van der Waals surface area contributed by atoms with E-state index >= 15 is 0 Å². The number of benzene rings is 1. The normalized spacial score (nSPS) is 10.6. The first-order valence-corrected chi connectivity index (χ1v) is 7.88. The van der Waals surface area contributed by atoms with Gasteiger partial charge in [-0.3, -0.25) is 0 Å². The molecular formula is C15H12BrN3OS. The molecule has 0 aliphatic carbocycles. The molecule has 0 amide bonds. The molecule has 0 unspecified atom stereocenters. The van der Waals surface area contributed by atoms with Crippen molar-refractivity contribution in [3.8, 4) is 27.8 Å². The van der Waals surface area contributed by atoms with Gasteiger partial charge in [-0.05, 0) is 19.1 Å². The maximum absolute atomic E-state index is 5.13. The summed E-state index contributed by atoms with van der Waals surface area (Å²) < 4.78 is 6.17. The van der Waals surface area contributed by atoms with Crippen molar-refractivity contribution in [3.05, 3.63) is 46.0 Å². The molecule has 4 nitrogen and oxygen atoms in total. The highest BCUT2D eigenvalue weighted by Gasteiger charge is 2.13. The maximum Gasteiger partial charge on any atom is 0.216 e. The van der Waals surface area contributed by atoms with Gasteiger partial charge in [-0.25, -0.2) is 15.0 Å². The van der Waals surface area contributed by atoms with Gasteiger partial charge in [0.2, 0.25) is 5.88 Å². The molecule has 0 spiro atoms. The molecule has 0 saturated heterocycles. The summed E-state index contributed by atoms with van der Waals surface area (Å²) in [5, 5.41) is 0.864. The third-order valence-electron chi connectivity index (χ3n) is 2.96. The van der Waals surface area contributed by atoms with Crippen LogP contribution in [0.4, 0.5) is 0 Å². The minimum Gasteiger partial charge on any atom is -0.481 e. The molecule has 0 fully saturated rings. The first-order chi connectivity index (χ1) is 10.2. The first-order valence-electron chi connectivity index (χ1n) is 6.27. The highest BCUT2D eigenvalue weighted by Crippen LogP contribution is 2.33. The van der Waals surface area contributed by atoms with Gasteiger partial charge in [0.15, 0.2) is 0 Å². The molecule has 0 aliphatic rings. The molecule has 2 aromatic heterocycles. The molecule has 0 bridgehead atoms. The lowest BCUT2D eigenvalue weighted by atomic mass is 10.1. The number of aryl methyl sites for hydroxylation is 1. The van der Waals surface area contributed by atoms with E-state index in [2.05, 4.69) is 45.0 Å². The fourth-order valence-electron chi connectivity index (χ4n) is 1.98. The van der Waals surface area contributed by atoms with Gasteiger partial charge in [-0.1, -0.05) is 28.1 Å². The molecule has 106 valence electrons. The highest BCUT2D eigenvalue weighted by molar-refractivity contribution is 9.10. The Kier molecular flexibility index (Phi) is 3.98. The predicted molar refractivity (Wildman–Crippen MR) is 87.6 cm³/mol. The lowest BCUT2D eigenvalue weighted by Crippen LogP contribution is -1.90. The molecule has 0 saturated carbocycles. The Morgan fingerprint density at radius 2 is 2.05 bits per heavy atom. The van der Waals surface area contributed by atoms with E-state index in [1.54, 1.807) is 24.5 Å². The minimum absolute atomic E-state index is 0.539. The topological polar surface area (TPSA) is 47.9 Å². The van der Waals surface area contributed by atoms with Crippen LogP contribution in [0.5, 0.6) is 5.88 Å². The quantitative estimate of drug-likeness (QED) is 0.695. The van der Waals surface area contributed by atoms with Crippen molar-refractivity contribution in [2.45, 2.75) is 6.92 Å². The average Bonchev–Trinajstić information content (AvgIpc) is 2.89. The van der Waals surface area contributed by atoms with Crippen LogP contribution < -0.4 is 4.74 Å². The Hall–Kier alpha value is -1.79. The lowest BCUT2D eigenvalue weighted by Gasteiger charge is -2.00. The van der Waals surface area contributed by atoms with Crippen molar-refractivity contribution >= 4 is 27.3 Å². The van der Waals surface area contributed by atoms with E-state index in [4.69, 9.17) is 9.72 Å². The van der Waals surface area contributed by atoms with E-state index < -0.39 is 0 Å². The van der Waals surface area contributed by atoms with Crippen LogP contribution in [0.3, 0.4) is 0 Å². The number of methoxy groups -OCH3 is 1. The van der Waals surface area contributed by atoms with Crippen molar-refractivity contribution in [2.75, 3.05) is 7.11 Å². The summed E-state index contributed by atoms with van der Waals surface area (Å²) in [6.45, 7) is 2.07. The van der Waals surface area contributed by atoms with Crippen molar-refractivity contribution in [3.63, 3.8) is 0 Å². The van der Waals surface area contributed by atoms with E-state index in [0.717, 1.165) is 31.3 Å². The van der Waals surface area contributed by atoms with Crippen molar-refractivity contribution in [1.82, 2.24) is 15.0 Å². The van der Waals surface area contributed by atoms with Gasteiger partial charge in [-0.15, -0.1) is 11.3 Å². The smallest absolute Gasteiger partial charge is 0.216 e. The number of hydrogen-bond acceptors (Lipinski definition) is 5. The average molecular weight is 362 g/mol. The van der Waals surface area contributed by atoms with Crippen LogP contribution in [0, 0.1) is 6.92 Å². The predicted octanol–water partition coefficient (Wildman–Crippen LogP) is 4.35. The zero-order valence-corrected chi connectivity index (χ0v) is 13.9. The summed E-state index contributed by atoms with van der Waals surface area (Å²) in [5.74, 6) is 0.539. The second-order valence-corrected chi connectivity index (χ2v) is 6.50. The number of ether oxygens (including phenoxy) is 1. The van der Waals surface area contributed by atoms with Gasteiger partial charge >= 0.3 is 0 Å². The Morgan fingerprint density at radius 1 is 1.19 bits per heavy atom. The summed E-state index contributed by atoms with van der Waals surface area (Å²) in [6.07, 6.45) is 1.49. The summed E-state index contributed by atoms with van der Waals surface area (Å²) in [7, 11) is 1.59. The Labute approximate surface area is 135 Å². The van der Waals surface area contributed by atoms with Crippen LogP contribution in [0.15, 0.2) is 41.1 Å². The van der Waals surface area contributed by atoms with Crippen molar-refractivity contribution < 1.29 is 4.74 Å². The molecule has 6 heteroatoms. The van der Waals surface area contributed by atoms with Gasteiger partial charge in [0.25, 0.3) is 0 Å². The molecule has 21 heavy (non-hydrogen) atoms. The molecular weight excluding hydrogens is 350 g/mol. The van der Waals surface area contributed by atoms with Gasteiger partial charge in [0, 0.05) is 21.0 Å². The molecule has 3 rings (SSSR count). The summed E-state index contributed by atoms with van der Waals surface area (Å²) in [6, 6.07) is 9.92. The third-order valence-corrected chi connectivity index (χ3v) is 4.45. The summed E-state index contributed by atoms with van der Waals surface area (Å²) >= 11 is 5.11. The second-order valence-electron chi connectivity index (χ2n) is 4.38. The number of aromatic nitrogens is 3. The lowest BCUT2D eigenvalue weighted by molar-refractivity contribution is 0.397. The van der Waals surface area contributed by atoms with Gasteiger partial charge in [0.05, 0.1) is 12.8 Å². The fraction of sp³-hybridized carbons (Fsp3) is 0.133. The van der Waals surface area contributed by atoms with Crippen molar-refractivity contribution in [1.29, 1.82) is 0 Å². The van der Waals surface area contributed by atoms with E-state index in [1.807, 2.05) is 12.1 Å². The molecule has 0 atom stereocenters. The van der Waals surface area contributed by atoms with Crippen LogP contribution in [0.2, 0.25) is 0 Å². The van der Waals surface area contributed by atoms with Gasteiger partial charge < -0.3 is 4.74 Å². The molecule has 3 aromatic rings. The Morgan fingerprint density at radius 3 is 2.81 bits per heavy atom.